The fourth-order valence-corrected chi connectivity index (χ4v) is 6.24. The Morgan fingerprint density at radius 2 is 1.18 bits per heavy atom. The first-order valence-corrected chi connectivity index (χ1v) is 14.1. The van der Waals surface area contributed by atoms with Crippen LogP contribution >= 0.6 is 0 Å². The van der Waals surface area contributed by atoms with Crippen molar-refractivity contribution in [1.82, 2.24) is 0 Å². The van der Waals surface area contributed by atoms with Crippen LogP contribution in [0.5, 0.6) is 40.2 Å². The molecule has 0 saturated carbocycles. The van der Waals surface area contributed by atoms with Gasteiger partial charge < -0.3 is 67.8 Å². The maximum absolute atomic E-state index is 10.7. The third-order valence-electron chi connectivity index (χ3n) is 8.48. The van der Waals surface area contributed by atoms with Gasteiger partial charge in [-0.3, -0.25) is 0 Å². The van der Waals surface area contributed by atoms with Crippen LogP contribution in [0.3, 0.4) is 0 Å². The van der Waals surface area contributed by atoms with Crippen molar-refractivity contribution in [3.8, 4) is 40.2 Å². The van der Waals surface area contributed by atoms with E-state index in [9.17, 15) is 20.4 Å². The van der Waals surface area contributed by atoms with Gasteiger partial charge in [-0.1, -0.05) is 0 Å². The number of hydrogen-bond donors (Lipinski definition) is 4. The van der Waals surface area contributed by atoms with Crippen LogP contribution in [0.2, 0.25) is 0 Å². The molecular weight excluding hydrogens is 584 g/mol. The van der Waals surface area contributed by atoms with Gasteiger partial charge in [0.05, 0.1) is 74.7 Å². The molecule has 9 atom stereocenters. The molecule has 4 N–H and O–H groups in total. The van der Waals surface area contributed by atoms with E-state index >= 15 is 0 Å². The summed E-state index contributed by atoms with van der Waals surface area (Å²) >= 11 is 0. The Morgan fingerprint density at radius 1 is 0.636 bits per heavy atom. The molecule has 0 amide bonds. The van der Waals surface area contributed by atoms with Crippen LogP contribution in [0.4, 0.5) is 0 Å². The lowest BCUT2D eigenvalue weighted by Crippen LogP contribution is -2.60. The van der Waals surface area contributed by atoms with Gasteiger partial charge in [0.25, 0.3) is 0 Å². The van der Waals surface area contributed by atoms with E-state index in [0.29, 0.717) is 41.8 Å². The quantitative estimate of drug-likeness (QED) is 0.279. The first kappa shape index (κ1) is 32.2. The zero-order valence-electron chi connectivity index (χ0n) is 25.4. The van der Waals surface area contributed by atoms with E-state index in [1.807, 2.05) is 12.1 Å². The normalized spacial score (nSPS) is 31.3. The second-order valence-electron chi connectivity index (χ2n) is 10.7. The van der Waals surface area contributed by atoms with E-state index in [4.69, 9.17) is 47.4 Å². The lowest BCUT2D eigenvalue weighted by Gasteiger charge is -2.40. The first-order chi connectivity index (χ1) is 21.3. The van der Waals surface area contributed by atoms with Gasteiger partial charge in [0.1, 0.15) is 24.4 Å². The number of methoxy groups -OCH3 is 6. The largest absolute Gasteiger partial charge is 0.493 e. The van der Waals surface area contributed by atoms with Crippen LogP contribution in [0.25, 0.3) is 0 Å². The molecule has 0 radical (unpaired) electrons. The van der Waals surface area contributed by atoms with Crippen molar-refractivity contribution in [3.63, 3.8) is 0 Å². The monoisotopic (exact) mass is 624 g/mol. The number of fused-ring (bicyclic) bond motifs is 1. The molecule has 14 heteroatoms. The average Bonchev–Trinajstić information content (AvgIpc) is 3.66. The molecule has 2 aromatic carbocycles. The van der Waals surface area contributed by atoms with E-state index in [1.165, 1.54) is 21.3 Å². The molecule has 14 nitrogen and oxygen atoms in total. The Labute approximate surface area is 254 Å². The van der Waals surface area contributed by atoms with Crippen LogP contribution in [-0.4, -0.2) is 114 Å². The van der Waals surface area contributed by atoms with Gasteiger partial charge in [0.15, 0.2) is 23.0 Å². The maximum Gasteiger partial charge on any atom is 0.229 e. The summed E-state index contributed by atoms with van der Waals surface area (Å²) < 4.78 is 58.0. The van der Waals surface area contributed by atoms with Gasteiger partial charge in [-0.15, -0.1) is 0 Å². The van der Waals surface area contributed by atoms with Crippen molar-refractivity contribution >= 4 is 0 Å². The standard InChI is InChI=1S/C30H40O14/c1-35-17-7-13(8-18(36-2)27(17)38-4)24-15-11-42-25(16(15)12-41-24)14-9-19(37-3)28(39-5)29(40-6)26(14)44-30-23(34)22(33)21(32)20(10-31)43-30/h7-9,15-16,20-25,30-34H,10-12H2,1-6H3/t15-,16-,20+,21+,22-,23+,24+,25+,30-/m0/s1. The Morgan fingerprint density at radius 3 is 1.73 bits per heavy atom. The second-order valence-corrected chi connectivity index (χ2v) is 10.7. The van der Waals surface area contributed by atoms with Crippen LogP contribution in [-0.2, 0) is 14.2 Å². The molecule has 3 heterocycles. The molecule has 2 aromatic rings. The Bertz CT molecular complexity index is 1280. The molecule has 0 spiro atoms. The van der Waals surface area contributed by atoms with Gasteiger partial charge in [-0.2, -0.15) is 0 Å². The summed E-state index contributed by atoms with van der Waals surface area (Å²) in [7, 11) is 8.98. The fraction of sp³-hybridized carbons (Fsp3) is 0.600. The number of ether oxygens (including phenoxy) is 10. The van der Waals surface area contributed by atoms with Gasteiger partial charge in [-0.05, 0) is 23.8 Å². The van der Waals surface area contributed by atoms with Crippen molar-refractivity contribution in [3.05, 3.63) is 29.3 Å². The van der Waals surface area contributed by atoms with Crippen molar-refractivity contribution < 1.29 is 67.8 Å². The summed E-state index contributed by atoms with van der Waals surface area (Å²) in [5, 5.41) is 41.1. The lowest BCUT2D eigenvalue weighted by molar-refractivity contribution is -0.277. The minimum atomic E-state index is -1.66. The van der Waals surface area contributed by atoms with Crippen molar-refractivity contribution in [2.75, 3.05) is 62.5 Å². The zero-order chi connectivity index (χ0) is 31.7. The third kappa shape index (κ3) is 5.44. The van der Waals surface area contributed by atoms with Crippen molar-refractivity contribution in [1.29, 1.82) is 0 Å². The van der Waals surface area contributed by atoms with Gasteiger partial charge in [-0.25, -0.2) is 0 Å². The lowest BCUT2D eigenvalue weighted by atomic mass is 9.84. The summed E-state index contributed by atoms with van der Waals surface area (Å²) in [6.07, 6.45) is -8.45. The molecule has 0 aromatic heterocycles. The molecular formula is C30H40O14. The molecule has 5 rings (SSSR count). The van der Waals surface area contributed by atoms with Crippen molar-refractivity contribution in [2.45, 2.75) is 42.9 Å². The molecule has 44 heavy (non-hydrogen) atoms. The molecule has 244 valence electrons. The first-order valence-electron chi connectivity index (χ1n) is 14.1. The average molecular weight is 625 g/mol. The van der Waals surface area contributed by atoms with Crippen LogP contribution in [0.1, 0.15) is 23.3 Å². The van der Waals surface area contributed by atoms with E-state index in [-0.39, 0.29) is 35.2 Å². The molecule has 3 aliphatic rings. The van der Waals surface area contributed by atoms with E-state index in [2.05, 4.69) is 0 Å². The number of rotatable bonds is 11. The summed E-state index contributed by atoms with van der Waals surface area (Å²) in [5.41, 5.74) is 1.33. The highest BCUT2D eigenvalue weighted by Crippen LogP contribution is 2.57. The maximum atomic E-state index is 10.7. The Kier molecular flexibility index (Phi) is 9.80. The van der Waals surface area contributed by atoms with E-state index in [0.717, 1.165) is 5.56 Å². The second kappa shape index (κ2) is 13.4. The van der Waals surface area contributed by atoms with Gasteiger partial charge >= 0.3 is 0 Å². The van der Waals surface area contributed by atoms with Gasteiger partial charge in [0, 0.05) is 17.4 Å². The minimum absolute atomic E-state index is 0.0815. The summed E-state index contributed by atoms with van der Waals surface area (Å²) in [4.78, 5) is 0. The third-order valence-corrected chi connectivity index (χ3v) is 8.48. The van der Waals surface area contributed by atoms with Gasteiger partial charge in [0.2, 0.25) is 23.5 Å². The Hall–Kier alpha value is -3.24. The highest BCUT2D eigenvalue weighted by Gasteiger charge is 2.51. The highest BCUT2D eigenvalue weighted by molar-refractivity contribution is 5.64. The van der Waals surface area contributed by atoms with Crippen molar-refractivity contribution in [2.24, 2.45) is 11.8 Å². The molecule has 3 fully saturated rings. The smallest absolute Gasteiger partial charge is 0.229 e. The van der Waals surface area contributed by atoms with Crippen LogP contribution in [0.15, 0.2) is 18.2 Å². The minimum Gasteiger partial charge on any atom is -0.493 e. The molecule has 3 aliphatic heterocycles. The van der Waals surface area contributed by atoms with Crippen LogP contribution < -0.4 is 33.2 Å². The Balaban J connectivity index is 1.52. The number of aliphatic hydroxyl groups is 4. The summed E-state index contributed by atoms with van der Waals surface area (Å²) in [6, 6.07) is 5.41. The number of aliphatic hydroxyl groups excluding tert-OH is 4. The number of hydrogen-bond acceptors (Lipinski definition) is 14. The van der Waals surface area contributed by atoms with Crippen LogP contribution in [0, 0.1) is 11.8 Å². The fourth-order valence-electron chi connectivity index (χ4n) is 6.24. The summed E-state index contributed by atoms with van der Waals surface area (Å²) in [6.45, 7) is 0.0650. The molecule has 0 unspecified atom stereocenters. The number of benzene rings is 2. The molecule has 3 saturated heterocycles. The SMILES string of the molecule is COc1cc([C@H]2OC[C@H]3[C@@H]2CO[C@@H]3c2cc(OC)c(OC)c(OC)c2O[C@@H]2O[C@H](CO)[C@@H](O)[C@H](O)[C@H]2O)cc(OC)c1OC. The van der Waals surface area contributed by atoms with E-state index < -0.39 is 43.4 Å². The summed E-state index contributed by atoms with van der Waals surface area (Å²) in [5.74, 6) is 2.04. The predicted molar refractivity (Wildman–Crippen MR) is 151 cm³/mol. The molecule has 0 bridgehead atoms. The molecule has 0 aliphatic carbocycles. The highest BCUT2D eigenvalue weighted by atomic mass is 16.7. The predicted octanol–water partition coefficient (Wildman–Crippen LogP) is 0.992. The zero-order valence-corrected chi connectivity index (χ0v) is 25.4. The topological polar surface area (TPSA) is 173 Å². The van der Waals surface area contributed by atoms with E-state index in [1.54, 1.807) is 27.4 Å².